The average molecular weight is 374 g/mol. The molecule has 1 aromatic carbocycles. The summed E-state index contributed by atoms with van der Waals surface area (Å²) in [6.45, 7) is 10.6. The van der Waals surface area contributed by atoms with Crippen molar-refractivity contribution in [2.75, 3.05) is 13.3 Å². The van der Waals surface area contributed by atoms with Crippen molar-refractivity contribution in [2.24, 2.45) is 0 Å². The number of halogens is 3. The first-order chi connectivity index (χ1) is 11.3. The Morgan fingerprint density at radius 2 is 1.80 bits per heavy atom. The minimum Gasteiger partial charge on any atom is -0.403 e. The zero-order chi connectivity index (χ0) is 19.2. The first kappa shape index (κ1) is 19.6. The van der Waals surface area contributed by atoms with Gasteiger partial charge in [-0.25, -0.2) is 4.68 Å². The average Bonchev–Trinajstić information content (AvgIpc) is 2.71. The Balaban J connectivity index is 2.69. The molecule has 4 nitrogen and oxygen atoms in total. The molecular formula is C17H22F3N2O2P. The maximum Gasteiger partial charge on any atom is 0.573 e. The highest BCUT2D eigenvalue weighted by molar-refractivity contribution is 7.70. The molecule has 1 heterocycles. The molecule has 1 aromatic heterocycles. The Bertz CT molecular complexity index is 835. The SMILES string of the molecule is Cc1nn(-c2ccc(P(C)(C)=O)cc2OC(F)(F)F)c(C)c1C(C)C. The van der Waals surface area contributed by atoms with Gasteiger partial charge in [-0.05, 0) is 56.9 Å². The number of benzene rings is 1. The van der Waals surface area contributed by atoms with Crippen LogP contribution >= 0.6 is 7.14 Å². The number of hydrogen-bond acceptors (Lipinski definition) is 3. The first-order valence-corrected chi connectivity index (χ1v) is 10.4. The number of nitrogens with zero attached hydrogens (tertiary/aromatic N) is 2. The second kappa shape index (κ2) is 6.52. The van der Waals surface area contributed by atoms with Crippen molar-refractivity contribution in [1.82, 2.24) is 9.78 Å². The highest BCUT2D eigenvalue weighted by atomic mass is 31.2. The van der Waals surface area contributed by atoms with Crippen LogP contribution in [0.25, 0.3) is 5.69 Å². The maximum atomic E-state index is 12.9. The lowest BCUT2D eigenvalue weighted by molar-refractivity contribution is -0.274. The molecule has 0 saturated heterocycles. The number of hydrogen-bond donors (Lipinski definition) is 0. The van der Waals surface area contributed by atoms with Gasteiger partial charge in [0, 0.05) is 11.0 Å². The molecule has 2 rings (SSSR count). The maximum absolute atomic E-state index is 12.9. The van der Waals surface area contributed by atoms with Gasteiger partial charge in [0.15, 0.2) is 5.75 Å². The van der Waals surface area contributed by atoms with Crippen LogP contribution in [0.2, 0.25) is 0 Å². The summed E-state index contributed by atoms with van der Waals surface area (Å²) in [6, 6.07) is 4.22. The predicted molar refractivity (Wildman–Crippen MR) is 92.9 cm³/mol. The van der Waals surface area contributed by atoms with Crippen LogP contribution in [0.1, 0.15) is 36.7 Å². The molecule has 8 heteroatoms. The molecule has 25 heavy (non-hydrogen) atoms. The van der Waals surface area contributed by atoms with Crippen molar-refractivity contribution in [3.63, 3.8) is 0 Å². The summed E-state index contributed by atoms with van der Waals surface area (Å²) in [5, 5.41) is 4.70. The fourth-order valence-corrected chi connectivity index (χ4v) is 3.81. The summed E-state index contributed by atoms with van der Waals surface area (Å²) in [6.07, 6.45) is -4.85. The van der Waals surface area contributed by atoms with Gasteiger partial charge in [-0.3, -0.25) is 0 Å². The van der Waals surface area contributed by atoms with Crippen LogP contribution in [0.15, 0.2) is 18.2 Å². The highest BCUT2D eigenvalue weighted by Crippen LogP contribution is 2.39. The summed E-state index contributed by atoms with van der Waals surface area (Å²) in [5.41, 5.74) is 2.66. The molecule has 0 atom stereocenters. The van der Waals surface area contributed by atoms with Gasteiger partial charge in [-0.1, -0.05) is 13.8 Å². The lowest BCUT2D eigenvalue weighted by atomic mass is 10.0. The highest BCUT2D eigenvalue weighted by Gasteiger charge is 2.33. The van der Waals surface area contributed by atoms with Crippen molar-refractivity contribution in [3.8, 4) is 11.4 Å². The lowest BCUT2D eigenvalue weighted by Gasteiger charge is -2.17. The molecular weight excluding hydrogens is 352 g/mol. The van der Waals surface area contributed by atoms with E-state index in [-0.39, 0.29) is 11.6 Å². The van der Waals surface area contributed by atoms with Gasteiger partial charge in [0.1, 0.15) is 12.8 Å². The van der Waals surface area contributed by atoms with E-state index in [1.807, 2.05) is 27.7 Å². The summed E-state index contributed by atoms with van der Waals surface area (Å²) in [4.78, 5) is 0. The fourth-order valence-electron chi connectivity index (χ4n) is 2.94. The van der Waals surface area contributed by atoms with Crippen LogP contribution in [0.4, 0.5) is 13.2 Å². The van der Waals surface area contributed by atoms with E-state index < -0.39 is 19.3 Å². The van der Waals surface area contributed by atoms with Crippen molar-refractivity contribution < 1.29 is 22.5 Å². The summed E-state index contributed by atoms with van der Waals surface area (Å²) in [5.74, 6) is -0.221. The normalized spacial score (nSPS) is 12.7. The van der Waals surface area contributed by atoms with Crippen LogP contribution in [0.3, 0.4) is 0 Å². The number of rotatable bonds is 4. The Kier molecular flexibility index (Phi) is 5.11. The minimum atomic E-state index is -4.85. The molecule has 0 aliphatic heterocycles. The molecule has 0 unspecified atom stereocenters. The smallest absolute Gasteiger partial charge is 0.403 e. The standard InChI is InChI=1S/C17H22F3N2O2P/c1-10(2)16-11(3)21-22(12(16)4)14-8-7-13(25(5,6)23)9-15(14)24-17(18,19)20/h7-10H,1-6H3. The van der Waals surface area contributed by atoms with Crippen LogP contribution in [-0.2, 0) is 4.57 Å². The molecule has 138 valence electrons. The number of alkyl halides is 3. The van der Waals surface area contributed by atoms with Crippen molar-refractivity contribution >= 4 is 12.4 Å². The monoisotopic (exact) mass is 374 g/mol. The van der Waals surface area contributed by atoms with Gasteiger partial charge in [0.05, 0.1) is 5.69 Å². The Labute approximate surface area is 145 Å². The Morgan fingerprint density at radius 3 is 2.24 bits per heavy atom. The molecule has 0 spiro atoms. The van der Waals surface area contributed by atoms with Gasteiger partial charge in [0.25, 0.3) is 0 Å². The third kappa shape index (κ3) is 4.27. The van der Waals surface area contributed by atoms with E-state index in [9.17, 15) is 17.7 Å². The number of aryl methyl sites for hydroxylation is 1. The summed E-state index contributed by atoms with van der Waals surface area (Å²) in [7, 11) is -2.73. The van der Waals surface area contributed by atoms with E-state index in [0.29, 0.717) is 5.30 Å². The van der Waals surface area contributed by atoms with E-state index in [0.717, 1.165) is 17.0 Å². The van der Waals surface area contributed by atoms with Crippen molar-refractivity contribution in [1.29, 1.82) is 0 Å². The van der Waals surface area contributed by atoms with E-state index >= 15 is 0 Å². The molecule has 0 saturated carbocycles. The molecule has 0 N–H and O–H groups in total. The van der Waals surface area contributed by atoms with Gasteiger partial charge < -0.3 is 9.30 Å². The first-order valence-electron chi connectivity index (χ1n) is 7.83. The third-order valence-electron chi connectivity index (χ3n) is 3.94. The largest absolute Gasteiger partial charge is 0.573 e. The minimum absolute atomic E-state index is 0.169. The van der Waals surface area contributed by atoms with E-state index in [4.69, 9.17) is 0 Å². The zero-order valence-electron chi connectivity index (χ0n) is 15.1. The quantitative estimate of drug-likeness (QED) is 0.725. The summed E-state index contributed by atoms with van der Waals surface area (Å²) >= 11 is 0. The van der Waals surface area contributed by atoms with Gasteiger partial charge in [0.2, 0.25) is 0 Å². The molecule has 0 aliphatic rings. The van der Waals surface area contributed by atoms with Crippen LogP contribution < -0.4 is 10.0 Å². The van der Waals surface area contributed by atoms with E-state index in [1.54, 1.807) is 6.07 Å². The van der Waals surface area contributed by atoms with E-state index in [1.165, 1.54) is 30.1 Å². The molecule has 0 amide bonds. The summed E-state index contributed by atoms with van der Waals surface area (Å²) < 4.78 is 56.5. The molecule has 0 radical (unpaired) electrons. The van der Waals surface area contributed by atoms with E-state index in [2.05, 4.69) is 9.84 Å². The molecule has 2 aromatic rings. The van der Waals surface area contributed by atoms with Crippen LogP contribution in [0.5, 0.6) is 5.75 Å². The van der Waals surface area contributed by atoms with Crippen LogP contribution in [0, 0.1) is 13.8 Å². The predicted octanol–water partition coefficient (Wildman–Crippen LogP) is 4.76. The second-order valence-electron chi connectivity index (χ2n) is 6.70. The molecule has 0 bridgehead atoms. The van der Waals surface area contributed by atoms with Gasteiger partial charge in [-0.2, -0.15) is 5.10 Å². The van der Waals surface area contributed by atoms with Gasteiger partial charge in [-0.15, -0.1) is 13.2 Å². The fraction of sp³-hybridized carbons (Fsp3) is 0.471. The Morgan fingerprint density at radius 1 is 1.20 bits per heavy atom. The second-order valence-corrected chi connectivity index (χ2v) is 9.92. The molecule has 0 fully saturated rings. The van der Waals surface area contributed by atoms with Crippen LogP contribution in [-0.4, -0.2) is 29.5 Å². The van der Waals surface area contributed by atoms with Gasteiger partial charge >= 0.3 is 6.36 Å². The topological polar surface area (TPSA) is 44.1 Å². The zero-order valence-corrected chi connectivity index (χ0v) is 16.0. The lowest BCUT2D eigenvalue weighted by Crippen LogP contribution is -2.20. The third-order valence-corrected chi connectivity index (χ3v) is 5.47. The Hall–Kier alpha value is -1.75. The van der Waals surface area contributed by atoms with Crippen molar-refractivity contribution in [3.05, 3.63) is 35.2 Å². The molecule has 0 aliphatic carbocycles. The number of aromatic nitrogens is 2. The number of ether oxygens (including phenoxy) is 1. The van der Waals surface area contributed by atoms with Crippen molar-refractivity contribution in [2.45, 2.75) is 40.0 Å².